The van der Waals surface area contributed by atoms with E-state index in [0.29, 0.717) is 6.04 Å². The SMILES string of the molecule is CC.COC1(C2CCCN2C)CC1. The Bertz CT molecular complexity index is 154. The molecule has 1 saturated heterocycles. The van der Waals surface area contributed by atoms with Crippen molar-refractivity contribution in [2.75, 3.05) is 20.7 Å². The van der Waals surface area contributed by atoms with Gasteiger partial charge in [-0.25, -0.2) is 0 Å². The zero-order valence-corrected chi connectivity index (χ0v) is 9.47. The zero-order chi connectivity index (χ0) is 9.90. The van der Waals surface area contributed by atoms with Gasteiger partial charge in [0.15, 0.2) is 0 Å². The Hall–Kier alpha value is -0.0800. The Labute approximate surface area is 82.3 Å². The summed E-state index contributed by atoms with van der Waals surface area (Å²) in [4.78, 5) is 2.45. The van der Waals surface area contributed by atoms with Crippen LogP contribution < -0.4 is 0 Å². The zero-order valence-electron chi connectivity index (χ0n) is 9.47. The molecule has 1 aliphatic heterocycles. The van der Waals surface area contributed by atoms with Gasteiger partial charge in [-0.2, -0.15) is 0 Å². The van der Waals surface area contributed by atoms with E-state index in [-0.39, 0.29) is 5.60 Å². The van der Waals surface area contributed by atoms with E-state index in [1.807, 2.05) is 21.0 Å². The van der Waals surface area contributed by atoms with Crippen molar-refractivity contribution in [3.8, 4) is 0 Å². The minimum atomic E-state index is 0.269. The predicted molar refractivity (Wildman–Crippen MR) is 56.0 cm³/mol. The molecular formula is C11H23NO. The summed E-state index contributed by atoms with van der Waals surface area (Å²) in [6.07, 6.45) is 5.24. The molecule has 1 aliphatic carbocycles. The average Bonchev–Trinajstić information content (AvgIpc) is 2.87. The van der Waals surface area contributed by atoms with Crippen LogP contribution in [0.15, 0.2) is 0 Å². The molecular weight excluding hydrogens is 162 g/mol. The van der Waals surface area contributed by atoms with E-state index in [0.717, 1.165) is 0 Å². The van der Waals surface area contributed by atoms with E-state index in [1.54, 1.807) is 0 Å². The lowest BCUT2D eigenvalue weighted by atomic mass is 10.1. The highest BCUT2D eigenvalue weighted by Crippen LogP contribution is 2.46. The lowest BCUT2D eigenvalue weighted by Crippen LogP contribution is -2.39. The first kappa shape index (κ1) is 11.0. The van der Waals surface area contributed by atoms with Gasteiger partial charge in [0.25, 0.3) is 0 Å². The Morgan fingerprint density at radius 3 is 2.23 bits per heavy atom. The van der Waals surface area contributed by atoms with E-state index in [9.17, 15) is 0 Å². The molecule has 0 N–H and O–H groups in total. The topological polar surface area (TPSA) is 12.5 Å². The van der Waals surface area contributed by atoms with Gasteiger partial charge < -0.3 is 9.64 Å². The van der Waals surface area contributed by atoms with E-state index >= 15 is 0 Å². The van der Waals surface area contributed by atoms with Crippen LogP contribution in [0.25, 0.3) is 0 Å². The van der Waals surface area contributed by atoms with Crippen molar-refractivity contribution < 1.29 is 4.74 Å². The van der Waals surface area contributed by atoms with Crippen LogP contribution in [-0.2, 0) is 4.74 Å². The van der Waals surface area contributed by atoms with Crippen molar-refractivity contribution in [3.05, 3.63) is 0 Å². The summed E-state index contributed by atoms with van der Waals surface area (Å²) in [5.74, 6) is 0. The van der Waals surface area contributed by atoms with Gasteiger partial charge in [0.05, 0.1) is 5.60 Å². The molecule has 0 bridgehead atoms. The highest BCUT2D eigenvalue weighted by Gasteiger charge is 2.52. The fourth-order valence-electron chi connectivity index (χ4n) is 2.37. The fourth-order valence-corrected chi connectivity index (χ4v) is 2.37. The first-order valence-electron chi connectivity index (χ1n) is 5.54. The summed E-state index contributed by atoms with van der Waals surface area (Å²) in [5, 5.41) is 0. The molecule has 2 aliphatic rings. The van der Waals surface area contributed by atoms with Crippen LogP contribution in [0.4, 0.5) is 0 Å². The van der Waals surface area contributed by atoms with Crippen LogP contribution in [0.5, 0.6) is 0 Å². The molecule has 0 radical (unpaired) electrons. The molecule has 0 aromatic heterocycles. The summed E-state index contributed by atoms with van der Waals surface area (Å²) in [6.45, 7) is 5.26. The largest absolute Gasteiger partial charge is 0.377 e. The number of likely N-dealkylation sites (N-methyl/N-ethyl adjacent to an activating group) is 1. The number of hydrogen-bond donors (Lipinski definition) is 0. The number of ether oxygens (including phenoxy) is 1. The highest BCUT2D eigenvalue weighted by molar-refractivity contribution is 5.06. The summed E-state index contributed by atoms with van der Waals surface area (Å²) in [6, 6.07) is 0.715. The quantitative estimate of drug-likeness (QED) is 0.654. The number of hydrogen-bond acceptors (Lipinski definition) is 2. The number of likely N-dealkylation sites (tertiary alicyclic amines) is 1. The number of rotatable bonds is 2. The van der Waals surface area contributed by atoms with E-state index in [1.165, 1.54) is 32.2 Å². The molecule has 1 atom stereocenters. The van der Waals surface area contributed by atoms with Crippen molar-refractivity contribution >= 4 is 0 Å². The summed E-state index contributed by atoms with van der Waals surface area (Å²) in [5.41, 5.74) is 0.269. The van der Waals surface area contributed by atoms with Crippen LogP contribution in [0.3, 0.4) is 0 Å². The Morgan fingerprint density at radius 2 is 1.92 bits per heavy atom. The highest BCUT2D eigenvalue weighted by atomic mass is 16.5. The van der Waals surface area contributed by atoms with E-state index < -0.39 is 0 Å². The van der Waals surface area contributed by atoms with Crippen LogP contribution in [0.1, 0.15) is 39.5 Å². The first-order chi connectivity index (χ1) is 6.28. The van der Waals surface area contributed by atoms with Gasteiger partial charge in [-0.05, 0) is 39.3 Å². The molecule has 13 heavy (non-hydrogen) atoms. The van der Waals surface area contributed by atoms with Crippen molar-refractivity contribution in [2.24, 2.45) is 0 Å². The van der Waals surface area contributed by atoms with Gasteiger partial charge >= 0.3 is 0 Å². The minimum Gasteiger partial charge on any atom is -0.377 e. The molecule has 1 saturated carbocycles. The Balaban J connectivity index is 0.000000396. The summed E-state index contributed by atoms with van der Waals surface area (Å²) < 4.78 is 5.56. The molecule has 2 rings (SSSR count). The van der Waals surface area contributed by atoms with Gasteiger partial charge in [0.2, 0.25) is 0 Å². The summed E-state index contributed by atoms with van der Waals surface area (Å²) in [7, 11) is 4.08. The van der Waals surface area contributed by atoms with E-state index in [2.05, 4.69) is 11.9 Å². The molecule has 0 aromatic carbocycles. The normalized spacial score (nSPS) is 30.9. The minimum absolute atomic E-state index is 0.269. The average molecular weight is 185 g/mol. The molecule has 0 amide bonds. The predicted octanol–water partition coefficient (Wildman–Crippen LogP) is 2.29. The number of nitrogens with zero attached hydrogens (tertiary/aromatic N) is 1. The second-order valence-electron chi connectivity index (χ2n) is 3.91. The monoisotopic (exact) mass is 185 g/mol. The standard InChI is InChI=1S/C9H17NO.C2H6/c1-10-7-3-4-8(10)9(11-2)5-6-9;1-2/h8H,3-7H2,1-2H3;1-2H3. The lowest BCUT2D eigenvalue weighted by molar-refractivity contribution is 0.0177. The molecule has 0 aromatic rings. The lowest BCUT2D eigenvalue weighted by Gasteiger charge is -2.27. The Kier molecular flexibility index (Phi) is 3.74. The van der Waals surface area contributed by atoms with Crippen LogP contribution in [0, 0.1) is 0 Å². The van der Waals surface area contributed by atoms with Crippen molar-refractivity contribution in [3.63, 3.8) is 0 Å². The first-order valence-corrected chi connectivity index (χ1v) is 5.54. The van der Waals surface area contributed by atoms with Crippen LogP contribution >= 0.6 is 0 Å². The second-order valence-corrected chi connectivity index (χ2v) is 3.91. The summed E-state index contributed by atoms with van der Waals surface area (Å²) >= 11 is 0. The fraction of sp³-hybridized carbons (Fsp3) is 1.00. The third kappa shape index (κ3) is 2.05. The molecule has 0 spiro atoms. The van der Waals surface area contributed by atoms with Gasteiger partial charge in [0.1, 0.15) is 0 Å². The third-order valence-electron chi connectivity index (χ3n) is 3.28. The molecule has 1 unspecified atom stereocenters. The molecule has 2 heteroatoms. The molecule has 1 heterocycles. The molecule has 2 nitrogen and oxygen atoms in total. The third-order valence-corrected chi connectivity index (χ3v) is 3.28. The maximum Gasteiger partial charge on any atom is 0.0835 e. The van der Waals surface area contributed by atoms with Crippen LogP contribution in [-0.4, -0.2) is 37.2 Å². The van der Waals surface area contributed by atoms with Crippen molar-refractivity contribution in [2.45, 2.75) is 51.2 Å². The maximum atomic E-state index is 5.56. The number of methoxy groups -OCH3 is 1. The van der Waals surface area contributed by atoms with Gasteiger partial charge in [0, 0.05) is 13.2 Å². The molecule has 2 fully saturated rings. The Morgan fingerprint density at radius 1 is 1.31 bits per heavy atom. The molecule has 78 valence electrons. The second kappa shape index (κ2) is 4.43. The van der Waals surface area contributed by atoms with Crippen LogP contribution in [0.2, 0.25) is 0 Å². The maximum absolute atomic E-state index is 5.56. The van der Waals surface area contributed by atoms with Crippen molar-refractivity contribution in [1.29, 1.82) is 0 Å². The van der Waals surface area contributed by atoms with Gasteiger partial charge in [-0.3, -0.25) is 0 Å². The van der Waals surface area contributed by atoms with Crippen molar-refractivity contribution in [1.82, 2.24) is 4.90 Å². The smallest absolute Gasteiger partial charge is 0.0835 e. The van der Waals surface area contributed by atoms with E-state index in [4.69, 9.17) is 4.74 Å². The van der Waals surface area contributed by atoms with Gasteiger partial charge in [-0.1, -0.05) is 13.8 Å². The van der Waals surface area contributed by atoms with Gasteiger partial charge in [-0.15, -0.1) is 0 Å².